The highest BCUT2D eigenvalue weighted by atomic mass is 15.2. The molecule has 1 aromatic rings. The van der Waals surface area contributed by atoms with Crippen LogP contribution in [0.1, 0.15) is 26.5 Å². The van der Waals surface area contributed by atoms with Crippen LogP contribution in [-0.2, 0) is 13.5 Å². The van der Waals surface area contributed by atoms with Crippen molar-refractivity contribution in [1.29, 1.82) is 0 Å². The third-order valence-electron chi connectivity index (χ3n) is 1.98. The van der Waals surface area contributed by atoms with E-state index in [0.29, 0.717) is 5.41 Å². The maximum Gasteiger partial charge on any atom is 0.0637 e. The van der Waals surface area contributed by atoms with Gasteiger partial charge in [-0.25, -0.2) is 0 Å². The lowest BCUT2D eigenvalue weighted by Gasteiger charge is -2.18. The molecule has 0 aliphatic heterocycles. The van der Waals surface area contributed by atoms with Gasteiger partial charge in [0, 0.05) is 32.8 Å². The fourth-order valence-electron chi connectivity index (χ4n) is 1.28. The average molecular weight is 195 g/mol. The van der Waals surface area contributed by atoms with E-state index in [-0.39, 0.29) is 0 Å². The largest absolute Gasteiger partial charge is 0.316 e. The minimum Gasteiger partial charge on any atom is -0.316 e. The first-order chi connectivity index (χ1) is 6.47. The number of aromatic nitrogens is 2. The molecule has 3 nitrogen and oxygen atoms in total. The summed E-state index contributed by atoms with van der Waals surface area (Å²) in [5, 5.41) is 7.76. The molecule has 0 unspecified atom stereocenters. The van der Waals surface area contributed by atoms with Crippen molar-refractivity contribution in [1.82, 2.24) is 15.1 Å². The van der Waals surface area contributed by atoms with E-state index in [4.69, 9.17) is 0 Å². The predicted molar refractivity (Wildman–Crippen MR) is 59.2 cm³/mol. The highest BCUT2D eigenvalue weighted by molar-refractivity contribution is 4.98. The molecule has 3 heteroatoms. The molecule has 0 atom stereocenters. The molecule has 0 aromatic carbocycles. The Labute approximate surface area is 86.5 Å². The minimum atomic E-state index is 0.365. The molecule has 1 heterocycles. The normalized spacial score (nSPS) is 12.0. The Balaban J connectivity index is 2.16. The zero-order chi connectivity index (χ0) is 10.6. The second-order valence-electron chi connectivity index (χ2n) is 4.97. The van der Waals surface area contributed by atoms with Gasteiger partial charge in [-0.2, -0.15) is 5.10 Å². The monoisotopic (exact) mass is 195 g/mol. The molecule has 0 aliphatic rings. The number of rotatable bonds is 4. The van der Waals surface area contributed by atoms with Gasteiger partial charge in [0.15, 0.2) is 0 Å². The SMILES string of the molecule is Cn1ccc(CCNCC(C)(C)C)n1. The molecule has 0 aliphatic carbocycles. The van der Waals surface area contributed by atoms with Gasteiger partial charge in [-0.3, -0.25) is 4.68 Å². The van der Waals surface area contributed by atoms with Crippen molar-refractivity contribution in [3.63, 3.8) is 0 Å². The summed E-state index contributed by atoms with van der Waals surface area (Å²) < 4.78 is 1.85. The second kappa shape index (κ2) is 4.60. The van der Waals surface area contributed by atoms with Crippen molar-refractivity contribution < 1.29 is 0 Å². The van der Waals surface area contributed by atoms with E-state index in [9.17, 15) is 0 Å². The highest BCUT2D eigenvalue weighted by Crippen LogP contribution is 2.09. The van der Waals surface area contributed by atoms with Crippen LogP contribution in [0.3, 0.4) is 0 Å². The maximum atomic E-state index is 4.32. The lowest BCUT2D eigenvalue weighted by molar-refractivity contribution is 0.381. The maximum absolute atomic E-state index is 4.32. The lowest BCUT2D eigenvalue weighted by Crippen LogP contribution is -2.28. The van der Waals surface area contributed by atoms with E-state index in [1.54, 1.807) is 0 Å². The Morgan fingerprint density at radius 1 is 1.43 bits per heavy atom. The molecular formula is C11H21N3. The van der Waals surface area contributed by atoms with Crippen LogP contribution in [-0.4, -0.2) is 22.9 Å². The van der Waals surface area contributed by atoms with E-state index in [0.717, 1.165) is 25.2 Å². The van der Waals surface area contributed by atoms with Crippen molar-refractivity contribution in [2.75, 3.05) is 13.1 Å². The smallest absolute Gasteiger partial charge is 0.0637 e. The Morgan fingerprint density at radius 3 is 2.64 bits per heavy atom. The van der Waals surface area contributed by atoms with Gasteiger partial charge in [0.05, 0.1) is 5.69 Å². The van der Waals surface area contributed by atoms with Gasteiger partial charge in [0.2, 0.25) is 0 Å². The Morgan fingerprint density at radius 2 is 2.14 bits per heavy atom. The highest BCUT2D eigenvalue weighted by Gasteiger charge is 2.08. The van der Waals surface area contributed by atoms with E-state index < -0.39 is 0 Å². The van der Waals surface area contributed by atoms with Crippen LogP contribution in [0.5, 0.6) is 0 Å². The molecule has 0 saturated carbocycles. The molecule has 0 amide bonds. The summed E-state index contributed by atoms with van der Waals surface area (Å²) in [4.78, 5) is 0. The number of aryl methyl sites for hydroxylation is 1. The summed E-state index contributed by atoms with van der Waals surface area (Å²) in [5.41, 5.74) is 1.53. The van der Waals surface area contributed by atoms with Gasteiger partial charge >= 0.3 is 0 Å². The number of hydrogen-bond acceptors (Lipinski definition) is 2. The first kappa shape index (κ1) is 11.2. The first-order valence-electron chi connectivity index (χ1n) is 5.17. The van der Waals surface area contributed by atoms with Gasteiger partial charge in [0.25, 0.3) is 0 Å². The van der Waals surface area contributed by atoms with Crippen LogP contribution in [0.2, 0.25) is 0 Å². The number of nitrogens with one attached hydrogen (secondary N) is 1. The summed E-state index contributed by atoms with van der Waals surface area (Å²) in [7, 11) is 1.95. The van der Waals surface area contributed by atoms with Gasteiger partial charge in [0.1, 0.15) is 0 Å². The fourth-order valence-corrected chi connectivity index (χ4v) is 1.28. The third kappa shape index (κ3) is 4.42. The minimum absolute atomic E-state index is 0.365. The third-order valence-corrected chi connectivity index (χ3v) is 1.98. The van der Waals surface area contributed by atoms with Crippen LogP contribution < -0.4 is 5.32 Å². The van der Waals surface area contributed by atoms with Gasteiger partial charge in [-0.1, -0.05) is 20.8 Å². The molecule has 80 valence electrons. The molecule has 1 N–H and O–H groups in total. The molecule has 0 bridgehead atoms. The Bertz CT molecular complexity index is 270. The summed E-state index contributed by atoms with van der Waals surface area (Å²) in [6, 6.07) is 2.07. The zero-order valence-corrected chi connectivity index (χ0v) is 9.67. The Hall–Kier alpha value is -0.830. The van der Waals surface area contributed by atoms with Gasteiger partial charge in [-0.15, -0.1) is 0 Å². The van der Waals surface area contributed by atoms with Crippen molar-refractivity contribution >= 4 is 0 Å². The van der Waals surface area contributed by atoms with Gasteiger partial charge in [-0.05, 0) is 11.5 Å². The standard InChI is InChI=1S/C11H21N3/c1-11(2,3)9-12-7-5-10-6-8-14(4)13-10/h6,8,12H,5,7,9H2,1-4H3. The fraction of sp³-hybridized carbons (Fsp3) is 0.727. The zero-order valence-electron chi connectivity index (χ0n) is 9.67. The topological polar surface area (TPSA) is 29.9 Å². The van der Waals surface area contributed by atoms with Crippen molar-refractivity contribution in [3.8, 4) is 0 Å². The molecule has 0 spiro atoms. The van der Waals surface area contributed by atoms with E-state index >= 15 is 0 Å². The quantitative estimate of drug-likeness (QED) is 0.740. The van der Waals surface area contributed by atoms with Crippen LogP contribution in [0, 0.1) is 5.41 Å². The Kier molecular flexibility index (Phi) is 3.69. The summed E-state index contributed by atoms with van der Waals surface area (Å²) in [6.45, 7) is 8.77. The van der Waals surface area contributed by atoms with Crippen LogP contribution in [0.15, 0.2) is 12.3 Å². The van der Waals surface area contributed by atoms with Crippen LogP contribution >= 0.6 is 0 Å². The molecule has 1 rings (SSSR count). The summed E-state index contributed by atoms with van der Waals surface area (Å²) in [6.07, 6.45) is 3.00. The average Bonchev–Trinajstić information content (AvgIpc) is 2.44. The van der Waals surface area contributed by atoms with Gasteiger partial charge < -0.3 is 5.32 Å². The van der Waals surface area contributed by atoms with E-state index in [2.05, 4.69) is 37.3 Å². The van der Waals surface area contributed by atoms with Crippen LogP contribution in [0.25, 0.3) is 0 Å². The predicted octanol–water partition coefficient (Wildman–Crippen LogP) is 1.60. The van der Waals surface area contributed by atoms with Crippen molar-refractivity contribution in [2.45, 2.75) is 27.2 Å². The number of hydrogen-bond donors (Lipinski definition) is 1. The lowest BCUT2D eigenvalue weighted by atomic mass is 9.97. The van der Waals surface area contributed by atoms with E-state index in [1.165, 1.54) is 0 Å². The molecule has 0 fully saturated rings. The summed E-state index contributed by atoms with van der Waals surface area (Å²) >= 11 is 0. The van der Waals surface area contributed by atoms with Crippen molar-refractivity contribution in [3.05, 3.63) is 18.0 Å². The van der Waals surface area contributed by atoms with Crippen LogP contribution in [0.4, 0.5) is 0 Å². The van der Waals surface area contributed by atoms with E-state index in [1.807, 2.05) is 17.9 Å². The first-order valence-corrected chi connectivity index (χ1v) is 5.17. The molecular weight excluding hydrogens is 174 g/mol. The summed E-state index contributed by atoms with van der Waals surface area (Å²) in [5.74, 6) is 0. The molecule has 1 aromatic heterocycles. The molecule has 0 saturated heterocycles. The van der Waals surface area contributed by atoms with Crippen molar-refractivity contribution in [2.24, 2.45) is 12.5 Å². The molecule has 14 heavy (non-hydrogen) atoms. The number of nitrogens with zero attached hydrogens (tertiary/aromatic N) is 2. The second-order valence-corrected chi connectivity index (χ2v) is 4.97. The molecule has 0 radical (unpaired) electrons.